The lowest BCUT2D eigenvalue weighted by Crippen LogP contribution is -2.07. The molecule has 0 radical (unpaired) electrons. The van der Waals surface area contributed by atoms with Crippen LogP contribution in [0.15, 0.2) is 4.52 Å². The van der Waals surface area contributed by atoms with Crippen LogP contribution in [0.1, 0.15) is 58.2 Å². The molecule has 1 heterocycles. The Labute approximate surface area is 114 Å². The average molecular weight is 271 g/mol. The molecule has 0 aliphatic carbocycles. The first-order valence-electron chi connectivity index (χ1n) is 6.67. The minimum absolute atomic E-state index is 0.239. The molecule has 0 atom stereocenters. The number of hydrogen-bond acceptors (Lipinski definition) is 5. The second kappa shape index (κ2) is 7.79. The van der Waals surface area contributed by atoms with Crippen LogP contribution in [0.3, 0.4) is 0 Å². The van der Waals surface area contributed by atoms with Gasteiger partial charge in [0.15, 0.2) is 5.82 Å². The third kappa shape index (κ3) is 7.01. The summed E-state index contributed by atoms with van der Waals surface area (Å²) in [6, 6.07) is 0. The van der Waals surface area contributed by atoms with Gasteiger partial charge in [-0.3, -0.25) is 0 Å². The van der Waals surface area contributed by atoms with Crippen molar-refractivity contribution in [3.8, 4) is 0 Å². The smallest absolute Gasteiger partial charge is 0.226 e. The second-order valence-electron chi connectivity index (χ2n) is 5.46. The van der Waals surface area contributed by atoms with Crippen molar-refractivity contribution in [1.29, 1.82) is 0 Å². The number of nitrogens with two attached hydrogens (primary N) is 1. The van der Waals surface area contributed by atoms with Crippen LogP contribution < -0.4 is 5.73 Å². The monoisotopic (exact) mass is 271 g/mol. The second-order valence-corrected chi connectivity index (χ2v) is 7.26. The molecule has 104 valence electrons. The fourth-order valence-corrected chi connectivity index (χ4v) is 2.18. The lowest BCUT2D eigenvalue weighted by atomic mass is 10.1. The van der Waals surface area contributed by atoms with E-state index >= 15 is 0 Å². The lowest BCUT2D eigenvalue weighted by molar-refractivity contribution is 0.370. The number of aromatic nitrogens is 2. The molecule has 0 aliphatic rings. The molecular weight excluding hydrogens is 246 g/mol. The topological polar surface area (TPSA) is 64.9 Å². The molecule has 18 heavy (non-hydrogen) atoms. The molecule has 0 spiro atoms. The van der Waals surface area contributed by atoms with Gasteiger partial charge in [0.1, 0.15) is 0 Å². The molecule has 1 aromatic rings. The first kappa shape index (κ1) is 15.5. The van der Waals surface area contributed by atoms with Gasteiger partial charge >= 0.3 is 0 Å². The highest BCUT2D eigenvalue weighted by molar-refractivity contribution is 7.99. The van der Waals surface area contributed by atoms with E-state index in [4.69, 9.17) is 10.3 Å². The van der Waals surface area contributed by atoms with Gasteiger partial charge < -0.3 is 10.3 Å². The minimum Gasteiger partial charge on any atom is -0.339 e. The van der Waals surface area contributed by atoms with Crippen molar-refractivity contribution in [2.75, 3.05) is 6.54 Å². The molecule has 4 nitrogen and oxygen atoms in total. The highest BCUT2D eigenvalue weighted by atomic mass is 32.2. The highest BCUT2D eigenvalue weighted by Gasteiger charge is 2.13. The Morgan fingerprint density at radius 1 is 1.17 bits per heavy atom. The fraction of sp³-hybridized carbons (Fsp3) is 0.846. The van der Waals surface area contributed by atoms with E-state index in [0.717, 1.165) is 43.3 Å². The van der Waals surface area contributed by atoms with Gasteiger partial charge in [0.25, 0.3) is 0 Å². The van der Waals surface area contributed by atoms with Crippen LogP contribution in [-0.4, -0.2) is 21.4 Å². The summed E-state index contributed by atoms with van der Waals surface area (Å²) >= 11 is 1.84. The summed E-state index contributed by atoms with van der Waals surface area (Å²) in [6.07, 6.45) is 5.48. The number of nitrogens with zero attached hydrogens (tertiary/aromatic N) is 2. The van der Waals surface area contributed by atoms with Crippen LogP contribution >= 0.6 is 11.8 Å². The number of thioether (sulfide) groups is 1. The van der Waals surface area contributed by atoms with Crippen LogP contribution in [0.2, 0.25) is 0 Å². The molecule has 0 saturated heterocycles. The molecule has 0 aromatic carbocycles. The van der Waals surface area contributed by atoms with E-state index in [1.54, 1.807) is 0 Å². The summed E-state index contributed by atoms with van der Waals surface area (Å²) in [5.41, 5.74) is 5.45. The molecule has 0 unspecified atom stereocenters. The van der Waals surface area contributed by atoms with Crippen molar-refractivity contribution in [3.63, 3.8) is 0 Å². The number of hydrogen-bond donors (Lipinski definition) is 1. The van der Waals surface area contributed by atoms with Gasteiger partial charge in [-0.25, -0.2) is 0 Å². The molecule has 1 aromatic heterocycles. The standard InChI is InChI=1S/C13H25N3OS/c1-13(2,3)18-10-11-15-12(17-16-11)8-6-4-5-7-9-14/h4-10,14H2,1-3H3. The predicted molar refractivity (Wildman–Crippen MR) is 76.6 cm³/mol. The van der Waals surface area contributed by atoms with Crippen LogP contribution in [0.5, 0.6) is 0 Å². The lowest BCUT2D eigenvalue weighted by Gasteiger charge is -2.15. The molecule has 0 fully saturated rings. The number of aryl methyl sites for hydroxylation is 1. The SMILES string of the molecule is CC(C)(C)SCc1noc(CCCCCCN)n1. The fourth-order valence-electron chi connectivity index (χ4n) is 1.51. The van der Waals surface area contributed by atoms with E-state index in [1.807, 2.05) is 11.8 Å². The first-order chi connectivity index (χ1) is 8.51. The summed E-state index contributed by atoms with van der Waals surface area (Å²) < 4.78 is 5.48. The van der Waals surface area contributed by atoms with Gasteiger partial charge in [0, 0.05) is 11.2 Å². The van der Waals surface area contributed by atoms with Gasteiger partial charge in [-0.15, -0.1) is 11.8 Å². The van der Waals surface area contributed by atoms with Crippen molar-refractivity contribution in [3.05, 3.63) is 11.7 Å². The quantitative estimate of drug-likeness (QED) is 0.736. The van der Waals surface area contributed by atoms with E-state index in [0.29, 0.717) is 0 Å². The summed E-state index contributed by atoms with van der Waals surface area (Å²) in [4.78, 5) is 4.41. The molecule has 2 N–H and O–H groups in total. The van der Waals surface area contributed by atoms with Gasteiger partial charge in [-0.05, 0) is 19.4 Å². The summed E-state index contributed by atoms with van der Waals surface area (Å²) in [6.45, 7) is 7.36. The van der Waals surface area contributed by atoms with E-state index < -0.39 is 0 Å². The zero-order valence-corrected chi connectivity index (χ0v) is 12.6. The Morgan fingerprint density at radius 2 is 1.89 bits per heavy atom. The van der Waals surface area contributed by atoms with Crippen molar-refractivity contribution < 1.29 is 4.52 Å². The zero-order chi connectivity index (χ0) is 13.4. The first-order valence-corrected chi connectivity index (χ1v) is 7.65. The van der Waals surface area contributed by atoms with Crippen molar-refractivity contribution >= 4 is 11.8 Å². The Morgan fingerprint density at radius 3 is 2.56 bits per heavy atom. The summed E-state index contributed by atoms with van der Waals surface area (Å²) in [5, 5.41) is 4.01. The van der Waals surface area contributed by atoms with Crippen molar-refractivity contribution in [1.82, 2.24) is 10.1 Å². The van der Waals surface area contributed by atoms with Crippen LogP contribution in [-0.2, 0) is 12.2 Å². The third-order valence-corrected chi connectivity index (χ3v) is 3.76. The molecule has 0 saturated carbocycles. The summed E-state index contributed by atoms with van der Waals surface area (Å²) in [7, 11) is 0. The minimum atomic E-state index is 0.239. The Balaban J connectivity index is 2.22. The van der Waals surface area contributed by atoms with E-state index in [9.17, 15) is 0 Å². The van der Waals surface area contributed by atoms with E-state index in [2.05, 4.69) is 30.9 Å². The van der Waals surface area contributed by atoms with Crippen molar-refractivity contribution in [2.24, 2.45) is 5.73 Å². The molecule has 5 heteroatoms. The Kier molecular flexibility index (Phi) is 6.71. The van der Waals surface area contributed by atoms with Gasteiger partial charge in [-0.1, -0.05) is 38.8 Å². The van der Waals surface area contributed by atoms with Crippen LogP contribution in [0, 0.1) is 0 Å². The van der Waals surface area contributed by atoms with Gasteiger partial charge in [0.2, 0.25) is 5.89 Å². The molecule has 0 aliphatic heterocycles. The normalized spacial score (nSPS) is 12.0. The highest BCUT2D eigenvalue weighted by Crippen LogP contribution is 2.26. The van der Waals surface area contributed by atoms with E-state index in [1.165, 1.54) is 12.8 Å². The van der Waals surface area contributed by atoms with Gasteiger partial charge in [-0.2, -0.15) is 4.98 Å². The van der Waals surface area contributed by atoms with Gasteiger partial charge in [0.05, 0.1) is 5.75 Å². The molecular formula is C13H25N3OS. The third-order valence-electron chi connectivity index (χ3n) is 2.49. The molecule has 1 rings (SSSR count). The predicted octanol–water partition coefficient (Wildman–Crippen LogP) is 3.16. The maximum atomic E-state index is 5.45. The Bertz CT molecular complexity index is 333. The van der Waals surface area contributed by atoms with Crippen LogP contribution in [0.25, 0.3) is 0 Å². The maximum Gasteiger partial charge on any atom is 0.226 e. The molecule has 0 amide bonds. The Hall–Kier alpha value is -0.550. The largest absolute Gasteiger partial charge is 0.339 e. The number of unbranched alkanes of at least 4 members (excludes halogenated alkanes) is 3. The number of rotatable bonds is 8. The van der Waals surface area contributed by atoms with Crippen molar-refractivity contribution in [2.45, 2.75) is 63.4 Å². The molecule has 0 bridgehead atoms. The zero-order valence-electron chi connectivity index (χ0n) is 11.7. The average Bonchev–Trinajstić information content (AvgIpc) is 2.73. The summed E-state index contributed by atoms with van der Waals surface area (Å²) in [5.74, 6) is 2.40. The maximum absolute atomic E-state index is 5.45. The van der Waals surface area contributed by atoms with Crippen LogP contribution in [0.4, 0.5) is 0 Å². The van der Waals surface area contributed by atoms with E-state index in [-0.39, 0.29) is 4.75 Å².